The minimum Gasteiger partial charge on any atom is -0.394 e. The highest BCUT2D eigenvalue weighted by Gasteiger charge is 2.44. The van der Waals surface area contributed by atoms with Gasteiger partial charge >= 0.3 is 0 Å². The number of carbonyl (C=O) groups excluding carboxylic acids is 2. The summed E-state index contributed by atoms with van der Waals surface area (Å²) in [5, 5.41) is 45.6. The third-order valence-electron chi connectivity index (χ3n) is 8.17. The van der Waals surface area contributed by atoms with Crippen molar-refractivity contribution >= 4 is 79.1 Å². The quantitative estimate of drug-likeness (QED) is 0.0639. The van der Waals surface area contributed by atoms with Gasteiger partial charge in [-0.3, -0.25) is 14.2 Å². The van der Waals surface area contributed by atoms with Crippen LogP contribution >= 0.6 is 28.1 Å². The summed E-state index contributed by atoms with van der Waals surface area (Å²) in [4.78, 5) is 38.1. The van der Waals surface area contributed by atoms with Crippen molar-refractivity contribution in [3.05, 3.63) is 101 Å². The number of fused-ring (bicyclic) bond motifs is 1. The highest BCUT2D eigenvalue weighted by Crippen LogP contribution is 2.32. The molecule has 17 heteroatoms. The van der Waals surface area contributed by atoms with E-state index >= 15 is 0 Å². The van der Waals surface area contributed by atoms with Gasteiger partial charge in [-0.1, -0.05) is 40.2 Å². The van der Waals surface area contributed by atoms with Crippen LogP contribution in [0.3, 0.4) is 0 Å². The normalized spacial score (nSPS) is 18.2. The van der Waals surface area contributed by atoms with Gasteiger partial charge in [0, 0.05) is 34.6 Å². The average Bonchev–Trinajstić information content (AvgIpc) is 3.69. The van der Waals surface area contributed by atoms with Crippen LogP contribution in [0.2, 0.25) is 0 Å². The Hall–Kier alpha value is -5.04. The van der Waals surface area contributed by atoms with Crippen molar-refractivity contribution in [2.24, 2.45) is 0 Å². The molecule has 0 bridgehead atoms. The van der Waals surface area contributed by atoms with E-state index in [0.29, 0.717) is 46.6 Å². The molecule has 2 aromatic heterocycles. The molecule has 6 rings (SSSR count). The number of aliphatic hydroxyl groups excluding tert-OH is 3. The summed E-state index contributed by atoms with van der Waals surface area (Å²) in [5.41, 5.74) is 4.55. The fourth-order valence-electron chi connectivity index (χ4n) is 5.51. The van der Waals surface area contributed by atoms with Gasteiger partial charge in [0.1, 0.15) is 24.6 Å². The lowest BCUT2D eigenvalue weighted by molar-refractivity contribution is -0.120. The van der Waals surface area contributed by atoms with Crippen LogP contribution in [-0.2, 0) is 27.2 Å². The van der Waals surface area contributed by atoms with Crippen molar-refractivity contribution in [1.82, 2.24) is 30.2 Å². The predicted octanol–water partition coefficient (Wildman–Crippen LogP) is 2.77. The van der Waals surface area contributed by atoms with Gasteiger partial charge in [-0.05, 0) is 71.9 Å². The van der Waals surface area contributed by atoms with E-state index < -0.39 is 31.1 Å². The minimum atomic E-state index is -1.28. The molecule has 1 fully saturated rings. The summed E-state index contributed by atoms with van der Waals surface area (Å²) in [7, 11) is 0. The van der Waals surface area contributed by atoms with Gasteiger partial charge in [-0.2, -0.15) is 0 Å². The van der Waals surface area contributed by atoms with Gasteiger partial charge in [0.2, 0.25) is 11.8 Å². The number of benzene rings is 3. The van der Waals surface area contributed by atoms with E-state index in [2.05, 4.69) is 57.5 Å². The molecule has 3 heterocycles. The maximum Gasteiger partial charge on any atom is 0.228 e. The molecule has 52 heavy (non-hydrogen) atoms. The van der Waals surface area contributed by atoms with Crippen molar-refractivity contribution in [2.75, 3.05) is 35.6 Å². The highest BCUT2D eigenvalue weighted by atomic mass is 79.9. The molecule has 4 atom stereocenters. The largest absolute Gasteiger partial charge is 0.394 e. The van der Waals surface area contributed by atoms with Crippen molar-refractivity contribution < 1.29 is 29.6 Å². The molecule has 0 saturated carbocycles. The SMILES string of the molecule is O=C(Cc1ccc(NC(=O)Cc2ccc(Nc3ncnc4c3ncn4C3OC(CO)C(O)C3O)cc2)cc1)NCCNC(=S)Nc1ccc(Br)cc1. The molecule has 1 saturated heterocycles. The van der Waals surface area contributed by atoms with Crippen LogP contribution < -0.4 is 26.6 Å². The standard InChI is InChI=1S/C35H36BrN9O6S/c36-22-5-11-25(12-6-22)44-35(52)38-14-13-37-27(47)15-20-1-7-23(8-2-20)42-28(48)16-21-3-9-24(10-4-21)43-32-29-33(40-18-39-32)45(19-41-29)34-31(50)30(49)26(17-46)51-34/h1-12,18-19,26,30-31,34,46,49-50H,13-17H2,(H,37,47)(H,42,48)(H2,38,44,52)(H,39,40,43). The van der Waals surface area contributed by atoms with Gasteiger partial charge in [-0.25, -0.2) is 15.0 Å². The predicted molar refractivity (Wildman–Crippen MR) is 202 cm³/mol. The Bertz CT molecular complexity index is 2010. The number of anilines is 4. The average molecular weight is 791 g/mol. The first-order chi connectivity index (χ1) is 25.2. The lowest BCUT2D eigenvalue weighted by Gasteiger charge is -2.16. The smallest absolute Gasteiger partial charge is 0.228 e. The van der Waals surface area contributed by atoms with Crippen LogP contribution in [0.1, 0.15) is 17.4 Å². The number of hydrogen-bond donors (Lipinski definition) is 8. The second-order valence-electron chi connectivity index (χ2n) is 11.9. The maximum atomic E-state index is 12.8. The van der Waals surface area contributed by atoms with Gasteiger partial charge in [0.15, 0.2) is 28.3 Å². The second kappa shape index (κ2) is 17.0. The Morgan fingerprint density at radius 3 is 2.08 bits per heavy atom. The summed E-state index contributed by atoms with van der Waals surface area (Å²) in [6.07, 6.45) is -1.33. The molecule has 8 N–H and O–H groups in total. The number of aromatic nitrogens is 4. The van der Waals surface area contributed by atoms with Crippen molar-refractivity contribution in [3.8, 4) is 0 Å². The lowest BCUT2D eigenvalue weighted by atomic mass is 10.1. The summed E-state index contributed by atoms with van der Waals surface area (Å²) in [5.74, 6) is 0.0851. The van der Waals surface area contributed by atoms with Gasteiger partial charge in [0.05, 0.1) is 25.8 Å². The zero-order valence-electron chi connectivity index (χ0n) is 27.6. The first-order valence-corrected chi connectivity index (χ1v) is 17.5. The molecule has 3 aromatic carbocycles. The van der Waals surface area contributed by atoms with Crippen LogP contribution in [0.25, 0.3) is 11.2 Å². The van der Waals surface area contributed by atoms with Gasteiger partial charge < -0.3 is 46.6 Å². The highest BCUT2D eigenvalue weighted by molar-refractivity contribution is 9.10. The number of rotatable bonds is 13. The number of halogens is 1. The van der Waals surface area contributed by atoms with E-state index in [0.717, 1.165) is 21.3 Å². The zero-order valence-corrected chi connectivity index (χ0v) is 30.0. The molecule has 2 amide bonds. The number of ether oxygens (including phenoxy) is 1. The lowest BCUT2D eigenvalue weighted by Crippen LogP contribution is -2.37. The first kappa shape index (κ1) is 36.7. The molecule has 270 valence electrons. The summed E-state index contributed by atoms with van der Waals surface area (Å²) < 4.78 is 8.08. The maximum absolute atomic E-state index is 12.8. The van der Waals surface area contributed by atoms with E-state index in [1.54, 1.807) is 24.3 Å². The van der Waals surface area contributed by atoms with Crippen LogP contribution in [0.4, 0.5) is 22.9 Å². The Morgan fingerprint density at radius 2 is 1.40 bits per heavy atom. The Morgan fingerprint density at radius 1 is 0.788 bits per heavy atom. The molecule has 1 aliphatic rings. The molecule has 5 aromatic rings. The number of hydrogen-bond acceptors (Lipinski definition) is 11. The fraction of sp³-hybridized carbons (Fsp3) is 0.257. The Kier molecular flexibility index (Phi) is 12.0. The zero-order chi connectivity index (χ0) is 36.6. The number of nitrogens with zero attached hydrogens (tertiary/aromatic N) is 4. The molecule has 1 aliphatic heterocycles. The first-order valence-electron chi connectivity index (χ1n) is 16.3. The number of aliphatic hydroxyl groups is 3. The van der Waals surface area contributed by atoms with Gasteiger partial charge in [0.25, 0.3) is 0 Å². The molecule has 0 radical (unpaired) electrons. The molecule has 0 spiro atoms. The fourth-order valence-corrected chi connectivity index (χ4v) is 6.00. The third kappa shape index (κ3) is 9.24. The second-order valence-corrected chi connectivity index (χ2v) is 13.3. The van der Waals surface area contributed by atoms with Crippen molar-refractivity contribution in [2.45, 2.75) is 37.4 Å². The summed E-state index contributed by atoms with van der Waals surface area (Å²) in [6.45, 7) is 0.433. The molecule has 0 aliphatic carbocycles. The number of nitrogens with one attached hydrogen (secondary N) is 5. The molecular formula is C35H36BrN9O6S. The molecule has 15 nitrogen and oxygen atoms in total. The third-order valence-corrected chi connectivity index (χ3v) is 8.94. The Labute approximate surface area is 312 Å². The van der Waals surface area contributed by atoms with Crippen LogP contribution in [0.15, 0.2) is 89.9 Å². The summed E-state index contributed by atoms with van der Waals surface area (Å²) >= 11 is 8.69. The van der Waals surface area contributed by atoms with Crippen molar-refractivity contribution in [1.29, 1.82) is 0 Å². The van der Waals surface area contributed by atoms with Crippen LogP contribution in [0, 0.1) is 0 Å². The monoisotopic (exact) mass is 789 g/mol. The number of amides is 2. The van der Waals surface area contributed by atoms with Crippen molar-refractivity contribution in [3.63, 3.8) is 0 Å². The van der Waals surface area contributed by atoms with E-state index in [-0.39, 0.29) is 24.7 Å². The van der Waals surface area contributed by atoms with E-state index in [1.165, 1.54) is 17.2 Å². The minimum absolute atomic E-state index is 0.127. The molecular weight excluding hydrogens is 754 g/mol. The number of carbonyl (C=O) groups is 2. The van der Waals surface area contributed by atoms with Crippen LogP contribution in [0.5, 0.6) is 0 Å². The Balaban J connectivity index is 0.935. The number of imidazole rings is 1. The van der Waals surface area contributed by atoms with Crippen LogP contribution in [-0.4, -0.2) is 89.8 Å². The number of thiocarbonyl (C=S) groups is 1. The topological polar surface area (TPSA) is 208 Å². The van der Waals surface area contributed by atoms with E-state index in [4.69, 9.17) is 17.0 Å². The summed E-state index contributed by atoms with van der Waals surface area (Å²) in [6, 6.07) is 22.0. The van der Waals surface area contributed by atoms with E-state index in [1.807, 2.05) is 48.5 Å². The van der Waals surface area contributed by atoms with Gasteiger partial charge in [-0.15, -0.1) is 0 Å². The van der Waals surface area contributed by atoms with E-state index in [9.17, 15) is 24.9 Å². The molecule has 4 unspecified atom stereocenters.